The molecule has 0 saturated heterocycles. The van der Waals surface area contributed by atoms with Gasteiger partial charge in [0.1, 0.15) is 12.4 Å². The largest absolute Gasteiger partial charge is 0.489 e. The van der Waals surface area contributed by atoms with Crippen LogP contribution < -0.4 is 20.5 Å². The fourth-order valence-corrected chi connectivity index (χ4v) is 3.41. The Kier molecular flexibility index (Phi) is 7.41. The van der Waals surface area contributed by atoms with E-state index in [1.807, 2.05) is 49.4 Å². The van der Waals surface area contributed by atoms with Crippen LogP contribution in [0.4, 0.5) is 5.69 Å². The monoisotopic (exact) mass is 439 g/mol. The van der Waals surface area contributed by atoms with Crippen LogP contribution >= 0.6 is 0 Å². The van der Waals surface area contributed by atoms with Crippen LogP contribution in [0.2, 0.25) is 0 Å². The van der Waals surface area contributed by atoms with Crippen molar-refractivity contribution in [3.8, 4) is 5.75 Å². The maximum absolute atomic E-state index is 12.2. The van der Waals surface area contributed by atoms with Gasteiger partial charge in [-0.1, -0.05) is 42.5 Å². The van der Waals surface area contributed by atoms with E-state index in [9.17, 15) is 13.2 Å². The van der Waals surface area contributed by atoms with Crippen molar-refractivity contribution < 1.29 is 17.9 Å². The Balaban J connectivity index is 1.45. The number of amides is 1. The molecule has 0 aromatic heterocycles. The Morgan fingerprint density at radius 2 is 1.61 bits per heavy atom. The number of primary sulfonamides is 1. The van der Waals surface area contributed by atoms with Crippen LogP contribution in [-0.4, -0.2) is 20.9 Å². The maximum Gasteiger partial charge on any atom is 0.238 e. The van der Waals surface area contributed by atoms with Crippen LogP contribution in [0.15, 0.2) is 83.8 Å². The van der Waals surface area contributed by atoms with Gasteiger partial charge >= 0.3 is 0 Å². The van der Waals surface area contributed by atoms with Gasteiger partial charge in [-0.3, -0.25) is 4.79 Å². The number of nitrogens with two attached hydrogens (primary N) is 1. The van der Waals surface area contributed by atoms with E-state index in [1.54, 1.807) is 24.3 Å². The summed E-state index contributed by atoms with van der Waals surface area (Å²) < 4.78 is 28.4. The maximum atomic E-state index is 12.2. The molecule has 3 rings (SSSR count). The number of rotatable bonds is 9. The van der Waals surface area contributed by atoms with Crippen molar-refractivity contribution >= 4 is 21.6 Å². The van der Waals surface area contributed by atoms with E-state index in [0.717, 1.165) is 16.9 Å². The van der Waals surface area contributed by atoms with Crippen LogP contribution in [0.25, 0.3) is 0 Å². The number of sulfonamides is 1. The number of carbonyl (C=O) groups is 1. The number of ether oxygens (including phenoxy) is 1. The van der Waals surface area contributed by atoms with E-state index >= 15 is 0 Å². The molecule has 3 aromatic carbocycles. The third kappa shape index (κ3) is 6.92. The number of anilines is 1. The van der Waals surface area contributed by atoms with Crippen molar-refractivity contribution in [1.82, 2.24) is 5.32 Å². The summed E-state index contributed by atoms with van der Waals surface area (Å²) >= 11 is 0. The number of benzene rings is 3. The minimum absolute atomic E-state index is 0.0531. The number of hydrogen-bond donors (Lipinski definition) is 3. The SMILES string of the molecule is CC(NCC(=O)Nc1ccc(OCc2ccccc2)cc1)c1ccc(S(N)(=O)=O)cc1. The molecule has 31 heavy (non-hydrogen) atoms. The van der Waals surface area contributed by atoms with Crippen molar-refractivity contribution in [2.75, 3.05) is 11.9 Å². The standard InChI is InChI=1S/C23H25N3O4S/c1-17(19-7-13-22(14-8-19)31(24,28)29)25-15-23(27)26-20-9-11-21(12-10-20)30-16-18-5-3-2-4-6-18/h2-14,17,25H,15-16H2,1H3,(H,26,27)(H2,24,28,29). The zero-order valence-corrected chi connectivity index (χ0v) is 17.9. The molecular weight excluding hydrogens is 414 g/mol. The zero-order valence-electron chi connectivity index (χ0n) is 17.1. The van der Waals surface area contributed by atoms with Crippen molar-refractivity contribution in [2.24, 2.45) is 5.14 Å². The summed E-state index contributed by atoms with van der Waals surface area (Å²) in [7, 11) is -3.72. The van der Waals surface area contributed by atoms with Gasteiger partial charge in [-0.05, 0) is 54.4 Å². The Morgan fingerprint density at radius 1 is 0.968 bits per heavy atom. The van der Waals surface area contributed by atoms with Crippen molar-refractivity contribution in [3.05, 3.63) is 90.0 Å². The first-order valence-corrected chi connectivity index (χ1v) is 11.3. The van der Waals surface area contributed by atoms with Crippen LogP contribution in [-0.2, 0) is 21.4 Å². The highest BCUT2D eigenvalue weighted by atomic mass is 32.2. The predicted octanol–water partition coefficient (Wildman–Crippen LogP) is 3.20. The third-order valence-corrected chi connectivity index (χ3v) is 5.59. The lowest BCUT2D eigenvalue weighted by atomic mass is 10.1. The van der Waals surface area contributed by atoms with Crippen LogP contribution in [0, 0.1) is 0 Å². The molecule has 1 amide bonds. The van der Waals surface area contributed by atoms with Crippen molar-refractivity contribution in [3.63, 3.8) is 0 Å². The van der Waals surface area contributed by atoms with E-state index in [1.165, 1.54) is 12.1 Å². The zero-order chi connectivity index (χ0) is 22.3. The van der Waals surface area contributed by atoms with Gasteiger partial charge < -0.3 is 15.4 Å². The Bertz CT molecular complexity index is 1100. The normalized spacial score (nSPS) is 12.2. The first kappa shape index (κ1) is 22.5. The lowest BCUT2D eigenvalue weighted by Crippen LogP contribution is -2.30. The van der Waals surface area contributed by atoms with Gasteiger partial charge in [0.25, 0.3) is 0 Å². The van der Waals surface area contributed by atoms with Gasteiger partial charge in [0.2, 0.25) is 15.9 Å². The highest BCUT2D eigenvalue weighted by Gasteiger charge is 2.11. The molecule has 3 aromatic rings. The summed E-state index contributed by atoms with van der Waals surface area (Å²) in [5.74, 6) is 0.530. The molecule has 0 aliphatic rings. The molecule has 162 valence electrons. The number of hydrogen-bond acceptors (Lipinski definition) is 5. The van der Waals surface area contributed by atoms with Crippen LogP contribution in [0.1, 0.15) is 24.1 Å². The molecule has 0 radical (unpaired) electrons. The second kappa shape index (κ2) is 10.2. The van der Waals surface area contributed by atoms with E-state index < -0.39 is 10.0 Å². The molecule has 0 bridgehead atoms. The second-order valence-electron chi connectivity index (χ2n) is 7.06. The highest BCUT2D eigenvalue weighted by molar-refractivity contribution is 7.89. The van der Waals surface area contributed by atoms with E-state index in [-0.39, 0.29) is 23.4 Å². The minimum atomic E-state index is -3.72. The molecule has 0 fully saturated rings. The molecule has 0 spiro atoms. The summed E-state index contributed by atoms with van der Waals surface area (Å²) in [6.45, 7) is 2.47. The van der Waals surface area contributed by atoms with E-state index in [2.05, 4.69) is 10.6 Å². The predicted molar refractivity (Wildman–Crippen MR) is 120 cm³/mol. The molecule has 0 aliphatic heterocycles. The molecule has 1 atom stereocenters. The first-order valence-electron chi connectivity index (χ1n) is 9.74. The van der Waals surface area contributed by atoms with E-state index in [0.29, 0.717) is 12.3 Å². The van der Waals surface area contributed by atoms with E-state index in [4.69, 9.17) is 9.88 Å². The summed E-state index contributed by atoms with van der Waals surface area (Å²) in [6, 6.07) is 23.2. The van der Waals surface area contributed by atoms with Gasteiger partial charge in [-0.2, -0.15) is 0 Å². The van der Waals surface area contributed by atoms with Gasteiger partial charge in [-0.15, -0.1) is 0 Å². The average Bonchev–Trinajstić information content (AvgIpc) is 2.77. The van der Waals surface area contributed by atoms with Crippen LogP contribution in [0.5, 0.6) is 5.75 Å². The highest BCUT2D eigenvalue weighted by Crippen LogP contribution is 2.18. The van der Waals surface area contributed by atoms with Crippen molar-refractivity contribution in [1.29, 1.82) is 0 Å². The molecule has 0 aliphatic carbocycles. The molecule has 1 unspecified atom stereocenters. The van der Waals surface area contributed by atoms with Gasteiger partial charge in [0.15, 0.2) is 0 Å². The van der Waals surface area contributed by atoms with Crippen molar-refractivity contribution in [2.45, 2.75) is 24.5 Å². The Labute approximate surface area is 182 Å². The minimum Gasteiger partial charge on any atom is -0.489 e. The van der Waals surface area contributed by atoms with Crippen LogP contribution in [0.3, 0.4) is 0 Å². The summed E-state index contributed by atoms with van der Waals surface area (Å²) in [4.78, 5) is 12.3. The fraction of sp³-hybridized carbons (Fsp3) is 0.174. The summed E-state index contributed by atoms with van der Waals surface area (Å²) in [5.41, 5.74) is 2.60. The third-order valence-electron chi connectivity index (χ3n) is 4.66. The Hall–Kier alpha value is -3.20. The fourth-order valence-electron chi connectivity index (χ4n) is 2.89. The Morgan fingerprint density at radius 3 is 2.23 bits per heavy atom. The molecule has 8 heteroatoms. The lowest BCUT2D eigenvalue weighted by Gasteiger charge is -2.15. The second-order valence-corrected chi connectivity index (χ2v) is 8.62. The van der Waals surface area contributed by atoms with Gasteiger partial charge in [0, 0.05) is 11.7 Å². The topological polar surface area (TPSA) is 111 Å². The number of carbonyl (C=O) groups excluding carboxylic acids is 1. The first-order chi connectivity index (χ1) is 14.8. The van der Waals surface area contributed by atoms with Gasteiger partial charge in [0.05, 0.1) is 11.4 Å². The lowest BCUT2D eigenvalue weighted by molar-refractivity contribution is -0.115. The molecular formula is C23H25N3O4S. The van der Waals surface area contributed by atoms with Gasteiger partial charge in [-0.25, -0.2) is 13.6 Å². The smallest absolute Gasteiger partial charge is 0.238 e. The molecule has 7 nitrogen and oxygen atoms in total. The molecule has 0 heterocycles. The average molecular weight is 440 g/mol. The summed E-state index contributed by atoms with van der Waals surface area (Å²) in [6.07, 6.45) is 0. The molecule has 4 N–H and O–H groups in total. The summed E-state index contributed by atoms with van der Waals surface area (Å²) in [5, 5.41) is 11.0. The quantitative estimate of drug-likeness (QED) is 0.474. The number of nitrogens with one attached hydrogen (secondary N) is 2. The molecule has 0 saturated carbocycles.